The van der Waals surface area contributed by atoms with Gasteiger partial charge in [0.15, 0.2) is 0 Å². The molecule has 0 saturated carbocycles. The summed E-state index contributed by atoms with van der Waals surface area (Å²) in [6.45, 7) is 5.87. The highest BCUT2D eigenvalue weighted by atomic mass is 16.1. The minimum absolute atomic E-state index is 0.0560. The van der Waals surface area contributed by atoms with Crippen LogP contribution in [0.2, 0.25) is 0 Å². The van der Waals surface area contributed by atoms with Crippen LogP contribution in [0.4, 0.5) is 0 Å². The first-order valence-electron chi connectivity index (χ1n) is 4.58. The molecule has 1 unspecified atom stereocenters. The molecule has 0 amide bonds. The number of carbonyl (C=O) groups excluding carboxylic acids is 2. The molecule has 0 N–H and O–H groups in total. The number of ketones is 1. The average molecular weight is 170 g/mol. The molecule has 0 aromatic rings. The van der Waals surface area contributed by atoms with Crippen LogP contribution in [0.25, 0.3) is 0 Å². The molecule has 0 fully saturated rings. The third-order valence-corrected chi connectivity index (χ3v) is 2.18. The van der Waals surface area contributed by atoms with Gasteiger partial charge in [-0.3, -0.25) is 4.79 Å². The van der Waals surface area contributed by atoms with Crippen LogP contribution in [-0.2, 0) is 9.59 Å². The highest BCUT2D eigenvalue weighted by Crippen LogP contribution is 2.14. The summed E-state index contributed by atoms with van der Waals surface area (Å²) >= 11 is 0. The lowest BCUT2D eigenvalue weighted by molar-refractivity contribution is -0.119. The normalized spacial score (nSPS) is 13.0. The van der Waals surface area contributed by atoms with Gasteiger partial charge in [-0.2, -0.15) is 0 Å². The lowest BCUT2D eigenvalue weighted by Gasteiger charge is -2.12. The Morgan fingerprint density at radius 1 is 1.42 bits per heavy atom. The van der Waals surface area contributed by atoms with Gasteiger partial charge >= 0.3 is 0 Å². The molecule has 0 radical (unpaired) electrons. The van der Waals surface area contributed by atoms with Gasteiger partial charge in [0.25, 0.3) is 0 Å². The first-order valence-corrected chi connectivity index (χ1v) is 4.58. The van der Waals surface area contributed by atoms with Crippen LogP contribution in [0.5, 0.6) is 0 Å². The highest BCUT2D eigenvalue weighted by molar-refractivity contribution is 5.78. The fraction of sp³-hybridized carbons (Fsp3) is 0.800. The van der Waals surface area contributed by atoms with E-state index in [0.29, 0.717) is 25.2 Å². The van der Waals surface area contributed by atoms with E-state index in [1.807, 2.05) is 20.8 Å². The van der Waals surface area contributed by atoms with Gasteiger partial charge in [0, 0.05) is 18.8 Å². The average Bonchev–Trinajstić information content (AvgIpc) is 2.04. The number of aldehydes is 1. The van der Waals surface area contributed by atoms with Crippen LogP contribution in [0.3, 0.4) is 0 Å². The molecule has 0 aromatic carbocycles. The van der Waals surface area contributed by atoms with E-state index >= 15 is 0 Å². The quantitative estimate of drug-likeness (QED) is 0.573. The summed E-state index contributed by atoms with van der Waals surface area (Å²) < 4.78 is 0. The van der Waals surface area contributed by atoms with Crippen molar-refractivity contribution in [1.29, 1.82) is 0 Å². The zero-order valence-corrected chi connectivity index (χ0v) is 8.17. The van der Waals surface area contributed by atoms with E-state index < -0.39 is 0 Å². The van der Waals surface area contributed by atoms with Crippen LogP contribution >= 0.6 is 0 Å². The minimum atomic E-state index is 0.0560. The minimum Gasteiger partial charge on any atom is -0.303 e. The maximum atomic E-state index is 10.9. The molecular formula is C10H18O2. The van der Waals surface area contributed by atoms with Crippen molar-refractivity contribution >= 4 is 12.1 Å². The summed E-state index contributed by atoms with van der Waals surface area (Å²) in [5.74, 6) is 0.662. The van der Waals surface area contributed by atoms with E-state index in [-0.39, 0.29) is 11.7 Å². The van der Waals surface area contributed by atoms with Crippen molar-refractivity contribution < 1.29 is 9.59 Å². The Hall–Kier alpha value is -0.660. The number of rotatable bonds is 6. The van der Waals surface area contributed by atoms with Gasteiger partial charge in [-0.15, -0.1) is 0 Å². The van der Waals surface area contributed by atoms with Gasteiger partial charge in [0.05, 0.1) is 0 Å². The van der Waals surface area contributed by atoms with Gasteiger partial charge in [0.1, 0.15) is 12.1 Å². The van der Waals surface area contributed by atoms with Gasteiger partial charge in [-0.05, 0) is 12.3 Å². The third-order valence-electron chi connectivity index (χ3n) is 2.18. The van der Waals surface area contributed by atoms with Crippen molar-refractivity contribution in [1.82, 2.24) is 0 Å². The predicted octanol–water partition coefficient (Wildman–Crippen LogP) is 2.22. The number of hydrogen-bond acceptors (Lipinski definition) is 2. The van der Waals surface area contributed by atoms with Crippen LogP contribution < -0.4 is 0 Å². The second-order valence-corrected chi connectivity index (χ2v) is 3.47. The van der Waals surface area contributed by atoms with Gasteiger partial charge in [0.2, 0.25) is 0 Å². The van der Waals surface area contributed by atoms with Crippen molar-refractivity contribution in [2.24, 2.45) is 11.8 Å². The molecule has 0 aliphatic heterocycles. The number of Topliss-reactive ketones (excluding diaryl/α,β-unsaturated/α-hetero) is 1. The first-order chi connectivity index (χ1) is 5.61. The van der Waals surface area contributed by atoms with E-state index in [1.54, 1.807) is 0 Å². The smallest absolute Gasteiger partial charge is 0.132 e. The van der Waals surface area contributed by atoms with Gasteiger partial charge < -0.3 is 4.79 Å². The summed E-state index contributed by atoms with van der Waals surface area (Å²) in [5.41, 5.74) is 0. The standard InChI is InChI=1S/C10H18O2/c1-4-10(12)6-5-9(7-11)8(2)3/h7-9H,4-6H2,1-3H3. The molecular weight excluding hydrogens is 152 g/mol. The molecule has 1 atom stereocenters. The summed E-state index contributed by atoms with van der Waals surface area (Å²) in [5, 5.41) is 0. The maximum Gasteiger partial charge on any atom is 0.132 e. The zero-order valence-electron chi connectivity index (χ0n) is 8.17. The van der Waals surface area contributed by atoms with Crippen molar-refractivity contribution in [3.05, 3.63) is 0 Å². The molecule has 0 aromatic heterocycles. The Morgan fingerprint density at radius 3 is 2.33 bits per heavy atom. The van der Waals surface area contributed by atoms with E-state index in [9.17, 15) is 9.59 Å². The van der Waals surface area contributed by atoms with E-state index in [1.165, 1.54) is 0 Å². The molecule has 12 heavy (non-hydrogen) atoms. The molecule has 0 saturated heterocycles. The lowest BCUT2D eigenvalue weighted by Crippen LogP contribution is -2.12. The van der Waals surface area contributed by atoms with Gasteiger partial charge in [-0.1, -0.05) is 20.8 Å². The molecule has 70 valence electrons. The topological polar surface area (TPSA) is 34.1 Å². The molecule has 0 aliphatic rings. The molecule has 2 heteroatoms. The van der Waals surface area contributed by atoms with Crippen LogP contribution in [0.15, 0.2) is 0 Å². The Balaban J connectivity index is 3.72. The Kier molecular flexibility index (Phi) is 5.60. The summed E-state index contributed by atoms with van der Waals surface area (Å²) in [4.78, 5) is 21.5. The second kappa shape index (κ2) is 5.92. The van der Waals surface area contributed by atoms with Crippen molar-refractivity contribution in [3.63, 3.8) is 0 Å². The van der Waals surface area contributed by atoms with Crippen LogP contribution in [0, 0.1) is 11.8 Å². The fourth-order valence-electron chi connectivity index (χ4n) is 1.06. The largest absolute Gasteiger partial charge is 0.303 e. The monoisotopic (exact) mass is 170 g/mol. The third kappa shape index (κ3) is 4.27. The van der Waals surface area contributed by atoms with Crippen LogP contribution in [-0.4, -0.2) is 12.1 Å². The Morgan fingerprint density at radius 2 is 2.00 bits per heavy atom. The summed E-state index contributed by atoms with van der Waals surface area (Å²) in [6.07, 6.45) is 2.82. The molecule has 0 aliphatic carbocycles. The van der Waals surface area contributed by atoms with Gasteiger partial charge in [-0.25, -0.2) is 0 Å². The highest BCUT2D eigenvalue weighted by Gasteiger charge is 2.12. The first kappa shape index (κ1) is 11.3. The number of hydrogen-bond donors (Lipinski definition) is 0. The maximum absolute atomic E-state index is 10.9. The zero-order chi connectivity index (χ0) is 9.56. The Bertz CT molecular complexity index is 150. The van der Waals surface area contributed by atoms with Crippen molar-refractivity contribution in [3.8, 4) is 0 Å². The molecule has 2 nitrogen and oxygen atoms in total. The Labute approximate surface area is 74.3 Å². The van der Waals surface area contributed by atoms with Crippen molar-refractivity contribution in [2.75, 3.05) is 0 Å². The molecule has 0 rings (SSSR count). The number of carbonyl (C=O) groups is 2. The van der Waals surface area contributed by atoms with E-state index in [2.05, 4.69) is 0 Å². The predicted molar refractivity (Wildman–Crippen MR) is 48.9 cm³/mol. The SMILES string of the molecule is CCC(=O)CCC(C=O)C(C)C. The molecule has 0 heterocycles. The van der Waals surface area contributed by atoms with E-state index in [0.717, 1.165) is 6.29 Å². The van der Waals surface area contributed by atoms with Crippen LogP contribution in [0.1, 0.15) is 40.0 Å². The summed E-state index contributed by atoms with van der Waals surface area (Å²) in [7, 11) is 0. The fourth-order valence-corrected chi connectivity index (χ4v) is 1.06. The van der Waals surface area contributed by atoms with E-state index in [4.69, 9.17) is 0 Å². The second-order valence-electron chi connectivity index (χ2n) is 3.47. The molecule has 0 spiro atoms. The lowest BCUT2D eigenvalue weighted by atomic mass is 9.91. The summed E-state index contributed by atoms with van der Waals surface area (Å²) in [6, 6.07) is 0. The van der Waals surface area contributed by atoms with Crippen molar-refractivity contribution in [2.45, 2.75) is 40.0 Å². The molecule has 0 bridgehead atoms.